The van der Waals surface area contributed by atoms with Gasteiger partial charge < -0.3 is 4.98 Å². The Morgan fingerprint density at radius 1 is 1.39 bits per heavy atom. The van der Waals surface area contributed by atoms with E-state index in [1.165, 1.54) is 5.56 Å². The molecule has 0 saturated carbocycles. The molecular formula is C12H12N4OS. The molecule has 18 heavy (non-hydrogen) atoms. The van der Waals surface area contributed by atoms with E-state index in [2.05, 4.69) is 31.9 Å². The highest BCUT2D eigenvalue weighted by molar-refractivity contribution is 7.12. The van der Waals surface area contributed by atoms with E-state index in [1.807, 2.05) is 6.20 Å². The molecule has 6 heteroatoms. The number of imidazole rings is 1. The molecule has 0 radical (unpaired) electrons. The number of thiophene rings is 1. The summed E-state index contributed by atoms with van der Waals surface area (Å²) < 4.78 is 0. The van der Waals surface area contributed by atoms with Gasteiger partial charge in [-0.2, -0.15) is 5.10 Å². The lowest BCUT2D eigenvalue weighted by molar-refractivity contribution is -0.121. The predicted molar refractivity (Wildman–Crippen MR) is 69.6 cm³/mol. The molecule has 0 aliphatic carbocycles. The number of hydrogen-bond donors (Lipinski definition) is 2. The number of rotatable bonds is 3. The van der Waals surface area contributed by atoms with Gasteiger partial charge in [0.15, 0.2) is 0 Å². The predicted octanol–water partition coefficient (Wildman–Crippen LogP) is 1.68. The van der Waals surface area contributed by atoms with E-state index in [0.29, 0.717) is 12.8 Å². The van der Waals surface area contributed by atoms with Crippen molar-refractivity contribution in [2.75, 3.05) is 0 Å². The van der Waals surface area contributed by atoms with Gasteiger partial charge >= 0.3 is 0 Å². The minimum Gasteiger partial charge on any atom is -0.348 e. The van der Waals surface area contributed by atoms with Crippen LogP contribution in [0.3, 0.4) is 0 Å². The average molecular weight is 260 g/mol. The van der Waals surface area contributed by atoms with Gasteiger partial charge in [-0.3, -0.25) is 4.79 Å². The molecule has 1 aliphatic heterocycles. The summed E-state index contributed by atoms with van der Waals surface area (Å²) in [5.41, 5.74) is 4.70. The maximum atomic E-state index is 11.0. The number of aromatic nitrogens is 2. The highest BCUT2D eigenvalue weighted by Crippen LogP contribution is 2.20. The van der Waals surface area contributed by atoms with E-state index in [0.717, 1.165) is 22.8 Å². The third kappa shape index (κ3) is 2.33. The molecule has 0 unspecified atom stereocenters. The Labute approximate surface area is 108 Å². The molecule has 3 rings (SSSR count). The summed E-state index contributed by atoms with van der Waals surface area (Å²) in [5.74, 6) is 0.948. The number of aromatic amines is 1. The third-order valence-corrected chi connectivity index (χ3v) is 3.80. The van der Waals surface area contributed by atoms with Crippen molar-refractivity contribution in [3.05, 3.63) is 40.1 Å². The summed E-state index contributed by atoms with van der Waals surface area (Å²) in [4.78, 5) is 19.4. The van der Waals surface area contributed by atoms with E-state index in [-0.39, 0.29) is 5.91 Å². The molecule has 1 aliphatic rings. The smallest absolute Gasteiger partial charge is 0.240 e. The minimum absolute atomic E-state index is 0.00823. The Morgan fingerprint density at radius 3 is 3.06 bits per heavy atom. The van der Waals surface area contributed by atoms with Crippen LogP contribution in [-0.2, 0) is 11.2 Å². The Morgan fingerprint density at radius 2 is 2.33 bits per heavy atom. The van der Waals surface area contributed by atoms with Crippen molar-refractivity contribution in [1.29, 1.82) is 0 Å². The van der Waals surface area contributed by atoms with E-state index >= 15 is 0 Å². The first-order valence-electron chi connectivity index (χ1n) is 5.73. The van der Waals surface area contributed by atoms with Crippen LogP contribution in [0.2, 0.25) is 0 Å². The molecule has 2 N–H and O–H groups in total. The van der Waals surface area contributed by atoms with Crippen LogP contribution < -0.4 is 5.43 Å². The lowest BCUT2D eigenvalue weighted by atomic mass is 10.1. The number of hydrogen-bond acceptors (Lipinski definition) is 4. The Balaban J connectivity index is 1.75. The number of carbonyl (C=O) groups excluding carboxylic acids is 1. The molecule has 0 fully saturated rings. The van der Waals surface area contributed by atoms with Crippen LogP contribution in [0.1, 0.15) is 29.1 Å². The molecular weight excluding hydrogens is 248 g/mol. The van der Waals surface area contributed by atoms with E-state index in [9.17, 15) is 4.79 Å². The van der Waals surface area contributed by atoms with Gasteiger partial charge in [-0.25, -0.2) is 10.4 Å². The second kappa shape index (κ2) is 4.73. The van der Waals surface area contributed by atoms with Gasteiger partial charge in [0.1, 0.15) is 5.82 Å². The highest BCUT2D eigenvalue weighted by Gasteiger charge is 2.15. The van der Waals surface area contributed by atoms with Crippen LogP contribution in [0.15, 0.2) is 28.9 Å². The van der Waals surface area contributed by atoms with Gasteiger partial charge in [-0.05, 0) is 17.0 Å². The summed E-state index contributed by atoms with van der Waals surface area (Å²) in [6, 6.07) is 2.11. The summed E-state index contributed by atoms with van der Waals surface area (Å²) in [6.07, 6.45) is 5.60. The Kier molecular flexibility index (Phi) is 2.93. The van der Waals surface area contributed by atoms with E-state index < -0.39 is 0 Å². The Hall–Kier alpha value is -1.95. The minimum atomic E-state index is -0.00823. The molecule has 3 heterocycles. The average Bonchev–Trinajstić information content (AvgIpc) is 3.02. The maximum absolute atomic E-state index is 11.0. The van der Waals surface area contributed by atoms with Crippen molar-refractivity contribution < 1.29 is 4.79 Å². The number of carbonyl (C=O) groups is 1. The van der Waals surface area contributed by atoms with Crippen LogP contribution in [0.4, 0.5) is 0 Å². The molecule has 0 aromatic carbocycles. The summed E-state index contributed by atoms with van der Waals surface area (Å²) in [6.45, 7) is 0. The van der Waals surface area contributed by atoms with Crippen molar-refractivity contribution in [1.82, 2.24) is 15.4 Å². The van der Waals surface area contributed by atoms with Crippen LogP contribution >= 0.6 is 11.3 Å². The number of hydrazone groups is 1. The fraction of sp³-hybridized carbons (Fsp3) is 0.250. The van der Waals surface area contributed by atoms with Crippen LogP contribution in [-0.4, -0.2) is 21.6 Å². The van der Waals surface area contributed by atoms with Crippen LogP contribution in [0.25, 0.3) is 0 Å². The van der Waals surface area contributed by atoms with Gasteiger partial charge in [0.2, 0.25) is 5.91 Å². The van der Waals surface area contributed by atoms with Crippen molar-refractivity contribution >= 4 is 23.0 Å². The highest BCUT2D eigenvalue weighted by atomic mass is 32.1. The largest absolute Gasteiger partial charge is 0.348 e. The first-order chi connectivity index (χ1) is 8.81. The first-order valence-corrected chi connectivity index (χ1v) is 6.60. The maximum Gasteiger partial charge on any atom is 0.240 e. The first kappa shape index (κ1) is 11.2. The summed E-state index contributed by atoms with van der Waals surface area (Å²) in [7, 11) is 0. The summed E-state index contributed by atoms with van der Waals surface area (Å²) in [5, 5.41) is 6.20. The monoisotopic (exact) mass is 260 g/mol. The molecule has 0 atom stereocenters. The molecule has 0 saturated heterocycles. The van der Waals surface area contributed by atoms with Gasteiger partial charge in [-0.1, -0.05) is 0 Å². The van der Waals surface area contributed by atoms with Crippen LogP contribution in [0.5, 0.6) is 0 Å². The fourth-order valence-corrected chi connectivity index (χ4v) is 2.79. The lowest BCUT2D eigenvalue weighted by Gasteiger charge is -2.09. The normalized spacial score (nSPS) is 15.3. The van der Waals surface area contributed by atoms with Crippen molar-refractivity contribution in [2.45, 2.75) is 19.3 Å². The zero-order valence-electron chi connectivity index (χ0n) is 9.64. The molecule has 5 nitrogen and oxygen atoms in total. The van der Waals surface area contributed by atoms with Crippen molar-refractivity contribution in [3.63, 3.8) is 0 Å². The lowest BCUT2D eigenvalue weighted by Crippen LogP contribution is -2.25. The number of amides is 1. The summed E-state index contributed by atoms with van der Waals surface area (Å²) >= 11 is 1.66. The molecule has 2 aromatic rings. The van der Waals surface area contributed by atoms with E-state index in [1.54, 1.807) is 17.5 Å². The second-order valence-corrected chi connectivity index (χ2v) is 5.04. The van der Waals surface area contributed by atoms with Crippen molar-refractivity contribution in [2.24, 2.45) is 5.10 Å². The number of nitrogens with zero attached hydrogens (tertiary/aromatic N) is 2. The second-order valence-electron chi connectivity index (χ2n) is 4.13. The molecule has 92 valence electrons. The van der Waals surface area contributed by atoms with Crippen molar-refractivity contribution in [3.8, 4) is 0 Å². The molecule has 0 bridgehead atoms. The Bertz CT molecular complexity index is 585. The number of H-pyrrole nitrogens is 1. The standard InChI is InChI=1S/C12H12N4OS/c17-12-2-1-9(15-16-12)10-5-8(7-18-10)6-11-13-3-4-14-11/h3-5,7H,1-2,6H2,(H,13,14)(H,16,17). The zero-order valence-corrected chi connectivity index (χ0v) is 10.5. The molecule has 1 amide bonds. The fourth-order valence-electron chi connectivity index (χ4n) is 1.86. The van der Waals surface area contributed by atoms with Gasteiger partial charge in [0.25, 0.3) is 0 Å². The zero-order chi connectivity index (χ0) is 12.4. The quantitative estimate of drug-likeness (QED) is 0.881. The van der Waals surface area contributed by atoms with Crippen LogP contribution in [0, 0.1) is 0 Å². The molecule has 0 spiro atoms. The SMILES string of the molecule is O=C1CCC(c2cc(Cc3ncc[nH]3)cs2)=NN1. The van der Waals surface area contributed by atoms with Gasteiger partial charge in [-0.15, -0.1) is 11.3 Å². The van der Waals surface area contributed by atoms with Gasteiger partial charge in [0, 0.05) is 31.7 Å². The van der Waals surface area contributed by atoms with Gasteiger partial charge in [0.05, 0.1) is 10.6 Å². The molecule has 2 aromatic heterocycles. The topological polar surface area (TPSA) is 70.1 Å². The van der Waals surface area contributed by atoms with E-state index in [4.69, 9.17) is 0 Å². The number of nitrogens with one attached hydrogen (secondary N) is 2. The third-order valence-electron chi connectivity index (χ3n) is 2.77.